The van der Waals surface area contributed by atoms with E-state index >= 15 is 0 Å². The van der Waals surface area contributed by atoms with Crippen LogP contribution in [0.15, 0.2) is 291 Å². The second kappa shape index (κ2) is 22.9. The number of hydrogen-bond acceptors (Lipinski definition) is 2. The Bertz CT molecular complexity index is 6790. The van der Waals surface area contributed by atoms with E-state index in [1.807, 2.05) is 32.9 Å². The molecule has 0 saturated carbocycles. The fourth-order valence-corrected chi connectivity index (χ4v) is 11.3. The lowest BCUT2D eigenvalue weighted by molar-refractivity contribution is -0.571. The number of aromatic nitrogens is 4. The number of imidazole rings is 1. The molecule has 3 aromatic heterocycles. The van der Waals surface area contributed by atoms with Gasteiger partial charge in [-0.15, -0.1) is 0 Å². The Balaban J connectivity index is 1.06. The Morgan fingerprint density at radius 2 is 1.04 bits per heavy atom. The van der Waals surface area contributed by atoms with Crippen LogP contribution in [0.2, 0.25) is 0 Å². The molecule has 0 aliphatic rings. The second-order valence-corrected chi connectivity index (χ2v) is 22.2. The minimum absolute atomic E-state index is 0.0323. The topological polar surface area (TPSA) is 35.9 Å². The first-order valence-corrected chi connectivity index (χ1v) is 28.4. The van der Waals surface area contributed by atoms with Gasteiger partial charge in [0.05, 0.1) is 65.0 Å². The zero-order valence-corrected chi connectivity index (χ0v) is 48.1. The molecular weight excluding hydrogens is 1090 g/mol. The predicted octanol–water partition coefficient (Wildman–Crippen LogP) is 21.9. The summed E-state index contributed by atoms with van der Waals surface area (Å²) in [5.74, 6) is 0.346. The summed E-state index contributed by atoms with van der Waals surface area (Å²) in [7, 11) is 0. The highest BCUT2D eigenvalue weighted by molar-refractivity contribution is 6.09. The predicted molar refractivity (Wildman–Crippen MR) is 373 cm³/mol. The third-order valence-corrected chi connectivity index (χ3v) is 15.5. The summed E-state index contributed by atoms with van der Waals surface area (Å²) in [6, 6.07) is 18.5. The molecule has 5 heteroatoms. The fourth-order valence-electron chi connectivity index (χ4n) is 11.3. The summed E-state index contributed by atoms with van der Waals surface area (Å²) < 4.78 is 302. The number of aryl methyl sites for hydroxylation is 3. The van der Waals surface area contributed by atoms with Crippen LogP contribution >= 0.6 is 0 Å². The van der Waals surface area contributed by atoms with Crippen LogP contribution in [0.4, 0.5) is 0 Å². The van der Waals surface area contributed by atoms with Crippen molar-refractivity contribution in [2.24, 2.45) is 0 Å². The van der Waals surface area contributed by atoms with Crippen LogP contribution < -0.4 is 9.30 Å². The van der Waals surface area contributed by atoms with Crippen LogP contribution in [0, 0.1) is 26.9 Å². The Kier molecular flexibility index (Phi) is 7.79. The molecule has 12 aromatic carbocycles. The molecule has 0 spiro atoms. The van der Waals surface area contributed by atoms with Crippen LogP contribution in [0.25, 0.3) is 128 Å². The van der Waals surface area contributed by atoms with Gasteiger partial charge in [-0.25, -0.2) is 4.98 Å². The lowest BCUT2D eigenvalue weighted by Gasteiger charge is -2.23. The molecule has 90 heavy (non-hydrogen) atoms. The second-order valence-electron chi connectivity index (χ2n) is 22.2. The van der Waals surface area contributed by atoms with Gasteiger partial charge < -0.3 is 4.74 Å². The standard InChI is InChI=1S/C85H66N4O/c1-56-24-21-25-57(2)83(56)64-40-43-79-81(51-64)87(70-36-23-37-71(52-70)90-72-41-42-74-73-38-19-20-39-78(73)89(80(74)53-72)82-44-58(3)77(54-86-82)62-32-17-10-18-33-62)55-88(79)84-75(63-34-22-35-69(48-63)85(4,5)6)49-67(61-30-15-9-16-31-61)50-76(84)68-46-65(59-26-11-7-12-27-59)45-66(47-68)60-28-13-8-14-29-60/h7-54H,1-6H3/i1D3,2D3,3D3,7D,8D,9D,10D,11D,12D,13D,14D,15D,16D,17D,18D,26D,27D,28D,29D,30D,31D,32D,33D,45D,46D,47D. The smallest absolute Gasteiger partial charge is 0.269 e. The summed E-state index contributed by atoms with van der Waals surface area (Å²) in [4.78, 5) is 4.72. The monoisotopic (exact) mass is 1190 g/mol. The maximum Gasteiger partial charge on any atom is 0.269 e. The minimum Gasteiger partial charge on any atom is -0.458 e. The van der Waals surface area contributed by atoms with E-state index in [1.54, 1.807) is 83.4 Å². The Hall–Kier alpha value is -11.1. The van der Waals surface area contributed by atoms with E-state index in [4.69, 9.17) is 41.2 Å². The quantitative estimate of drug-likeness (QED) is 0.0903. The van der Waals surface area contributed by atoms with E-state index in [1.165, 1.54) is 63.7 Å². The van der Waals surface area contributed by atoms with Gasteiger partial charge in [0, 0.05) is 40.9 Å². The van der Waals surface area contributed by atoms with Gasteiger partial charge in [-0.3, -0.25) is 13.7 Å². The molecule has 0 aliphatic carbocycles. The summed E-state index contributed by atoms with van der Waals surface area (Å²) in [6.07, 6.45) is 4.62. The van der Waals surface area contributed by atoms with Gasteiger partial charge in [0.2, 0.25) is 0 Å². The Morgan fingerprint density at radius 1 is 0.444 bits per heavy atom. The Morgan fingerprint density at radius 3 is 1.72 bits per heavy atom. The van der Waals surface area contributed by atoms with Gasteiger partial charge in [0.15, 0.2) is 0 Å². The number of para-hydroxylation sites is 1. The van der Waals surface area contributed by atoms with Gasteiger partial charge in [-0.05, 0) is 199 Å². The molecule has 0 saturated heterocycles. The molecule has 0 atom stereocenters. The molecule has 3 heterocycles. The van der Waals surface area contributed by atoms with Crippen molar-refractivity contribution >= 4 is 32.8 Å². The lowest BCUT2D eigenvalue weighted by atomic mass is 9.84. The number of hydrogen-bond donors (Lipinski definition) is 0. The van der Waals surface area contributed by atoms with Crippen LogP contribution in [0.1, 0.15) is 86.9 Å². The van der Waals surface area contributed by atoms with E-state index in [0.717, 1.165) is 6.20 Å². The minimum atomic E-state index is -2.95. The van der Waals surface area contributed by atoms with Gasteiger partial charge >= 0.3 is 0 Å². The zero-order chi connectivity index (χ0) is 88.6. The highest BCUT2D eigenvalue weighted by Gasteiger charge is 2.25. The fraction of sp³-hybridized carbons (Fsp3) is 0.0824. The van der Waals surface area contributed by atoms with Crippen molar-refractivity contribution < 1.29 is 53.2 Å². The van der Waals surface area contributed by atoms with Crippen molar-refractivity contribution in [3.05, 3.63) is 319 Å². The highest BCUT2D eigenvalue weighted by Crippen LogP contribution is 2.44. The van der Waals surface area contributed by atoms with Crippen LogP contribution in [0.5, 0.6) is 11.5 Å². The van der Waals surface area contributed by atoms with E-state index in [0.29, 0.717) is 27.4 Å². The summed E-state index contributed by atoms with van der Waals surface area (Å²) in [5.41, 5.74) is -5.24. The third-order valence-electron chi connectivity index (χ3n) is 15.5. The molecule has 0 fully saturated rings. The largest absolute Gasteiger partial charge is 0.458 e. The van der Waals surface area contributed by atoms with Crippen LogP contribution in [0.3, 0.4) is 0 Å². The molecule has 5 nitrogen and oxygen atoms in total. The molecule has 0 amide bonds. The lowest BCUT2D eigenvalue weighted by Crippen LogP contribution is -2.31. The van der Waals surface area contributed by atoms with E-state index in [2.05, 4.69) is 6.33 Å². The average Bonchev–Trinajstić information content (AvgIpc) is 1.21. The van der Waals surface area contributed by atoms with E-state index in [9.17, 15) is 12.3 Å². The molecule has 0 radical (unpaired) electrons. The number of ether oxygens (including phenoxy) is 1. The van der Waals surface area contributed by atoms with Gasteiger partial charge in [-0.2, -0.15) is 0 Å². The molecular formula is C85H66N4O. The molecule has 15 aromatic rings. The average molecular weight is 1190 g/mol. The van der Waals surface area contributed by atoms with Crippen LogP contribution in [-0.2, 0) is 5.41 Å². The van der Waals surface area contributed by atoms with Crippen molar-refractivity contribution in [3.63, 3.8) is 0 Å². The normalized spacial score (nSPS) is 17.1. The summed E-state index contributed by atoms with van der Waals surface area (Å²) >= 11 is 0. The van der Waals surface area contributed by atoms with Crippen molar-refractivity contribution in [2.75, 3.05) is 0 Å². The zero-order valence-electron chi connectivity index (χ0n) is 80.1. The first-order chi connectivity index (χ1) is 57.2. The number of nitrogens with zero attached hydrogens (tertiary/aromatic N) is 4. The first kappa shape index (κ1) is 30.7. The molecule has 0 unspecified atom stereocenters. The van der Waals surface area contributed by atoms with Crippen molar-refractivity contribution in [1.29, 1.82) is 0 Å². The Labute approximate surface area is 571 Å². The van der Waals surface area contributed by atoms with Crippen molar-refractivity contribution in [3.8, 4) is 107 Å². The van der Waals surface area contributed by atoms with Crippen LogP contribution in [-0.4, -0.2) is 14.1 Å². The SMILES string of the molecule is [2H]c1c([2H])c([2H])c(-c2cc(-c3cccc(C(C)(C)C)c3)c(-[n+]3[c-]n(-c4cccc(Oc5ccc6c7ccccc7n(-c7cc(C([2H])([2H])[2H])c(-c8c([2H])c([2H])c([2H])c([2H])c8[2H])cn7)c6c5)c4)c4cc(-c5c(C([2H])([2H])[2H])cccc5C([2H])([2H])[2H])ccc43)c(-c3c([2H])c(-c4c([2H])c([2H])c([2H])c([2H])c4[2H])c([2H])c(-c4c([2H])c([2H])c([2H])c([2H])c4[2H])c3[2H])c2)c([2H])c1[2H]. The molecule has 0 bridgehead atoms. The third kappa shape index (κ3) is 10.3. The molecule has 15 rings (SSSR count). The number of benzene rings is 12. The number of pyridine rings is 1. The van der Waals surface area contributed by atoms with Crippen molar-refractivity contribution in [1.82, 2.24) is 14.1 Å². The van der Waals surface area contributed by atoms with Gasteiger partial charge in [-0.1, -0.05) is 220 Å². The maximum atomic E-state index is 10.7. The van der Waals surface area contributed by atoms with Crippen molar-refractivity contribution in [2.45, 2.75) is 46.7 Å². The number of rotatable bonds is 12. The van der Waals surface area contributed by atoms with E-state index < -0.39 is 198 Å². The number of fused-ring (bicyclic) bond motifs is 4. The summed E-state index contributed by atoms with van der Waals surface area (Å²) in [6.45, 7) is -3.07. The molecule has 0 aliphatic heterocycles. The van der Waals surface area contributed by atoms with Gasteiger partial charge in [0.25, 0.3) is 6.33 Å². The highest BCUT2D eigenvalue weighted by atomic mass is 16.5. The first-order valence-electron chi connectivity index (χ1n) is 44.4. The molecule has 0 N–H and O–H groups in total. The molecule has 432 valence electrons. The van der Waals surface area contributed by atoms with Gasteiger partial charge in [0.1, 0.15) is 17.3 Å². The van der Waals surface area contributed by atoms with E-state index in [-0.39, 0.29) is 101 Å². The summed E-state index contributed by atoms with van der Waals surface area (Å²) in [5, 5.41) is 1.32. The maximum absolute atomic E-state index is 10.7.